The third kappa shape index (κ3) is 5.25. The maximum Gasteiger partial charge on any atom is 0.255 e. The first-order valence-electron chi connectivity index (χ1n) is 5.10. The summed E-state index contributed by atoms with van der Waals surface area (Å²) in [5.74, 6) is -4.10. The Morgan fingerprint density at radius 3 is 2.11 bits per heavy atom. The quantitative estimate of drug-likeness (QED) is 0.199. The number of primary amides is 1. The summed E-state index contributed by atoms with van der Waals surface area (Å²) in [6.07, 6.45) is 0. The average Bonchev–Trinajstić information content (AvgIpc) is 2.33. The van der Waals surface area contributed by atoms with Crippen molar-refractivity contribution in [1.29, 1.82) is 0 Å². The average molecular weight is 260 g/mol. The van der Waals surface area contributed by atoms with Crippen LogP contribution in [0, 0.1) is 5.92 Å². The molecule has 0 aromatic heterocycles. The monoisotopic (exact) mass is 260 g/mol. The lowest BCUT2D eigenvalue weighted by Crippen LogP contribution is -2.49. The Labute approximate surface area is 103 Å². The van der Waals surface area contributed by atoms with Crippen LogP contribution in [0.3, 0.4) is 0 Å². The SMILES string of the molecule is CC(NC(=O)C(C)C(=O)NO)C(=O)NCC(N)=O. The molecule has 0 spiro atoms. The fourth-order valence-corrected chi connectivity index (χ4v) is 0.947. The van der Waals surface area contributed by atoms with E-state index in [4.69, 9.17) is 10.9 Å². The van der Waals surface area contributed by atoms with E-state index in [2.05, 4.69) is 10.6 Å². The number of carbonyl (C=O) groups is 4. The number of hydrogen-bond donors (Lipinski definition) is 5. The summed E-state index contributed by atoms with van der Waals surface area (Å²) < 4.78 is 0. The van der Waals surface area contributed by atoms with E-state index < -0.39 is 35.6 Å². The summed E-state index contributed by atoms with van der Waals surface area (Å²) in [4.78, 5) is 44.2. The molecule has 0 rings (SSSR count). The van der Waals surface area contributed by atoms with Gasteiger partial charge < -0.3 is 16.4 Å². The van der Waals surface area contributed by atoms with Crippen molar-refractivity contribution < 1.29 is 24.4 Å². The van der Waals surface area contributed by atoms with E-state index in [-0.39, 0.29) is 6.54 Å². The van der Waals surface area contributed by atoms with Gasteiger partial charge in [0.1, 0.15) is 12.0 Å². The van der Waals surface area contributed by atoms with E-state index in [0.29, 0.717) is 0 Å². The molecular formula is C9H16N4O5. The van der Waals surface area contributed by atoms with E-state index >= 15 is 0 Å². The third-order valence-corrected chi connectivity index (χ3v) is 2.09. The lowest BCUT2D eigenvalue weighted by Gasteiger charge is -2.15. The van der Waals surface area contributed by atoms with Crippen LogP contribution in [0.25, 0.3) is 0 Å². The first kappa shape index (κ1) is 15.8. The van der Waals surface area contributed by atoms with Crippen molar-refractivity contribution in [3.63, 3.8) is 0 Å². The van der Waals surface area contributed by atoms with Crippen molar-refractivity contribution in [3.05, 3.63) is 0 Å². The molecule has 6 N–H and O–H groups in total. The highest BCUT2D eigenvalue weighted by molar-refractivity contribution is 6.01. The fraction of sp³-hybridized carbons (Fsp3) is 0.556. The molecule has 0 saturated carbocycles. The Hall–Kier alpha value is -2.16. The highest BCUT2D eigenvalue weighted by atomic mass is 16.5. The molecule has 0 aliphatic carbocycles. The number of hydroxylamine groups is 1. The van der Waals surface area contributed by atoms with E-state index in [0.717, 1.165) is 0 Å². The molecule has 0 radical (unpaired) electrons. The molecule has 9 heteroatoms. The molecule has 2 unspecified atom stereocenters. The molecule has 0 saturated heterocycles. The van der Waals surface area contributed by atoms with Crippen molar-refractivity contribution in [2.24, 2.45) is 11.7 Å². The predicted octanol–water partition coefficient (Wildman–Crippen LogP) is -2.77. The lowest BCUT2D eigenvalue weighted by atomic mass is 10.1. The van der Waals surface area contributed by atoms with Crippen LogP contribution in [0.4, 0.5) is 0 Å². The molecule has 0 aliphatic rings. The van der Waals surface area contributed by atoms with Crippen LogP contribution in [0.5, 0.6) is 0 Å². The van der Waals surface area contributed by atoms with Gasteiger partial charge in [-0.3, -0.25) is 24.4 Å². The molecule has 0 bridgehead atoms. The van der Waals surface area contributed by atoms with E-state index in [1.54, 1.807) is 0 Å². The van der Waals surface area contributed by atoms with Gasteiger partial charge in [0, 0.05) is 0 Å². The molecule has 0 aromatic rings. The smallest absolute Gasteiger partial charge is 0.255 e. The van der Waals surface area contributed by atoms with Crippen LogP contribution in [-0.2, 0) is 19.2 Å². The number of nitrogens with two attached hydrogens (primary N) is 1. The van der Waals surface area contributed by atoms with Crippen LogP contribution in [0.2, 0.25) is 0 Å². The van der Waals surface area contributed by atoms with E-state index in [1.165, 1.54) is 19.3 Å². The van der Waals surface area contributed by atoms with Crippen molar-refractivity contribution in [3.8, 4) is 0 Å². The molecule has 0 aliphatic heterocycles. The van der Waals surface area contributed by atoms with Crippen LogP contribution in [-0.4, -0.2) is 41.4 Å². The van der Waals surface area contributed by atoms with Gasteiger partial charge in [0.2, 0.25) is 17.7 Å². The molecule has 0 heterocycles. The second-order valence-electron chi connectivity index (χ2n) is 3.61. The second kappa shape index (κ2) is 7.22. The summed E-state index contributed by atoms with van der Waals surface area (Å²) in [7, 11) is 0. The van der Waals surface area contributed by atoms with Crippen LogP contribution >= 0.6 is 0 Å². The zero-order valence-electron chi connectivity index (χ0n) is 10.0. The Bertz CT molecular complexity index is 357. The summed E-state index contributed by atoms with van der Waals surface area (Å²) in [6.45, 7) is 2.29. The second-order valence-corrected chi connectivity index (χ2v) is 3.61. The Morgan fingerprint density at radius 1 is 1.11 bits per heavy atom. The molecule has 4 amide bonds. The minimum absolute atomic E-state index is 0.342. The molecule has 0 aromatic carbocycles. The van der Waals surface area contributed by atoms with Gasteiger partial charge in [0.25, 0.3) is 5.91 Å². The van der Waals surface area contributed by atoms with Crippen molar-refractivity contribution in [1.82, 2.24) is 16.1 Å². The number of rotatable bonds is 6. The minimum atomic E-state index is -1.15. The van der Waals surface area contributed by atoms with Gasteiger partial charge in [-0.25, -0.2) is 5.48 Å². The van der Waals surface area contributed by atoms with Gasteiger partial charge in [-0.05, 0) is 13.8 Å². The highest BCUT2D eigenvalue weighted by Crippen LogP contribution is 1.95. The summed E-state index contributed by atoms with van der Waals surface area (Å²) in [5.41, 5.74) is 6.15. The molecule has 18 heavy (non-hydrogen) atoms. The fourth-order valence-electron chi connectivity index (χ4n) is 0.947. The first-order chi connectivity index (χ1) is 8.29. The van der Waals surface area contributed by atoms with Crippen molar-refractivity contribution in [2.75, 3.05) is 6.54 Å². The molecule has 2 atom stereocenters. The van der Waals surface area contributed by atoms with Gasteiger partial charge >= 0.3 is 0 Å². The standard InChI is InChI=1S/C9H16N4O5/c1-4(8(16)13-18)7(15)12-5(2)9(17)11-3-6(10)14/h4-5,18H,3H2,1-2H3,(H2,10,14)(H,11,17)(H,12,15)(H,13,16). The minimum Gasteiger partial charge on any atom is -0.368 e. The molecule has 102 valence electrons. The van der Waals surface area contributed by atoms with Crippen LogP contribution < -0.4 is 21.8 Å². The summed E-state index contributed by atoms with van der Waals surface area (Å²) in [5, 5.41) is 12.8. The Morgan fingerprint density at radius 2 is 1.67 bits per heavy atom. The predicted molar refractivity (Wildman–Crippen MR) is 58.9 cm³/mol. The molecule has 9 nitrogen and oxygen atoms in total. The molecule has 0 fully saturated rings. The largest absolute Gasteiger partial charge is 0.368 e. The van der Waals surface area contributed by atoms with Gasteiger partial charge in [0.15, 0.2) is 0 Å². The zero-order valence-corrected chi connectivity index (χ0v) is 10.0. The van der Waals surface area contributed by atoms with E-state index in [9.17, 15) is 19.2 Å². The normalized spacial score (nSPS) is 13.1. The number of hydrogen-bond acceptors (Lipinski definition) is 5. The van der Waals surface area contributed by atoms with Crippen LogP contribution in [0.15, 0.2) is 0 Å². The summed E-state index contributed by atoms with van der Waals surface area (Å²) >= 11 is 0. The maximum absolute atomic E-state index is 11.4. The number of nitrogens with one attached hydrogen (secondary N) is 3. The maximum atomic E-state index is 11.4. The first-order valence-corrected chi connectivity index (χ1v) is 5.10. The zero-order chi connectivity index (χ0) is 14.3. The summed E-state index contributed by atoms with van der Waals surface area (Å²) in [6, 6.07) is -0.939. The lowest BCUT2D eigenvalue weighted by molar-refractivity contribution is -0.141. The number of amides is 4. The number of carbonyl (C=O) groups excluding carboxylic acids is 4. The van der Waals surface area contributed by atoms with Gasteiger partial charge in [-0.2, -0.15) is 0 Å². The highest BCUT2D eigenvalue weighted by Gasteiger charge is 2.24. The van der Waals surface area contributed by atoms with Gasteiger partial charge in [-0.1, -0.05) is 0 Å². The van der Waals surface area contributed by atoms with Crippen molar-refractivity contribution >= 4 is 23.6 Å². The van der Waals surface area contributed by atoms with E-state index in [1.807, 2.05) is 0 Å². The third-order valence-electron chi connectivity index (χ3n) is 2.09. The van der Waals surface area contributed by atoms with Gasteiger partial charge in [0.05, 0.1) is 6.54 Å². The van der Waals surface area contributed by atoms with Crippen molar-refractivity contribution in [2.45, 2.75) is 19.9 Å². The van der Waals surface area contributed by atoms with Gasteiger partial charge in [-0.15, -0.1) is 0 Å². The Kier molecular flexibility index (Phi) is 6.35. The Balaban J connectivity index is 4.26. The van der Waals surface area contributed by atoms with Crippen LogP contribution in [0.1, 0.15) is 13.8 Å². The molecular weight excluding hydrogens is 244 g/mol. The topological polar surface area (TPSA) is 151 Å².